The molecule has 22 heavy (non-hydrogen) atoms. The van der Waals surface area contributed by atoms with E-state index >= 15 is 0 Å². The van der Waals surface area contributed by atoms with E-state index in [1.807, 2.05) is 0 Å². The van der Waals surface area contributed by atoms with E-state index in [9.17, 15) is 0 Å². The maximum Gasteiger partial charge on any atom is 0.218 e. The van der Waals surface area contributed by atoms with Crippen molar-refractivity contribution in [1.29, 1.82) is 0 Å². The Morgan fingerprint density at radius 1 is 0.955 bits per heavy atom. The van der Waals surface area contributed by atoms with Gasteiger partial charge in [0.1, 0.15) is 0 Å². The number of aromatic nitrogens is 1. The van der Waals surface area contributed by atoms with E-state index in [-0.39, 0.29) is 0 Å². The zero-order valence-corrected chi connectivity index (χ0v) is 12.2. The van der Waals surface area contributed by atoms with Crippen molar-refractivity contribution in [2.75, 3.05) is 0 Å². The molecule has 1 aliphatic heterocycles. The van der Waals surface area contributed by atoms with Crippen LogP contribution in [0.2, 0.25) is 0 Å². The lowest BCUT2D eigenvalue weighted by molar-refractivity contribution is -2.00. The average Bonchev–Trinajstić information content (AvgIpc) is 2.84. The molecule has 0 unspecified atom stereocenters. The van der Waals surface area contributed by atoms with Gasteiger partial charge in [0.15, 0.2) is 5.69 Å². The van der Waals surface area contributed by atoms with Crippen molar-refractivity contribution < 1.29 is 33.4 Å². The van der Waals surface area contributed by atoms with Gasteiger partial charge in [-0.25, -0.2) is 18.6 Å². The van der Waals surface area contributed by atoms with Crippen LogP contribution in [0, 0.1) is 10.2 Å². The quantitative estimate of drug-likeness (QED) is 0.398. The molecule has 0 amide bonds. The molecule has 1 aromatic heterocycles. The predicted molar refractivity (Wildman–Crippen MR) is 68.1 cm³/mol. The third kappa shape index (κ3) is 3.09. The van der Waals surface area contributed by atoms with E-state index in [0.717, 1.165) is 6.42 Å². The van der Waals surface area contributed by atoms with Crippen molar-refractivity contribution in [2.24, 2.45) is 0 Å². The first kappa shape index (κ1) is 14.9. The van der Waals surface area contributed by atoms with Crippen molar-refractivity contribution in [1.82, 2.24) is 0 Å². The molecule has 2 aliphatic rings. The summed E-state index contributed by atoms with van der Waals surface area (Å²) in [7, 11) is -4.94. The number of halogens is 1. The van der Waals surface area contributed by atoms with Gasteiger partial charge in [0.2, 0.25) is 11.0 Å². The number of benzene rings is 1. The van der Waals surface area contributed by atoms with Crippen LogP contribution in [-0.4, -0.2) is 0 Å². The Hall–Kier alpha value is -2.02. The van der Waals surface area contributed by atoms with Gasteiger partial charge in [-0.1, -0.05) is 24.3 Å². The summed E-state index contributed by atoms with van der Waals surface area (Å²) in [5.74, 6) is 0. The number of hydrogen-bond donors (Lipinski definition) is 0. The van der Waals surface area contributed by atoms with Crippen molar-refractivity contribution in [3.63, 3.8) is 0 Å². The van der Waals surface area contributed by atoms with Crippen LogP contribution in [0.25, 0.3) is 17.8 Å². The first-order valence-electron chi connectivity index (χ1n) is 6.57. The van der Waals surface area contributed by atoms with E-state index < -0.39 is 10.2 Å². The second-order valence-electron chi connectivity index (χ2n) is 4.88. The van der Waals surface area contributed by atoms with Crippen LogP contribution in [0.1, 0.15) is 11.3 Å². The van der Waals surface area contributed by atoms with E-state index in [1.165, 1.54) is 27.5 Å². The Bertz CT molecular complexity index is 863. The number of rotatable bonds is 0. The average molecular weight is 318 g/mol. The Balaban J connectivity index is 0.000000254. The number of allylic oxidation sites excluding steroid dienone is 2. The van der Waals surface area contributed by atoms with Gasteiger partial charge in [0.05, 0.1) is 12.0 Å². The summed E-state index contributed by atoms with van der Waals surface area (Å²) in [6.45, 7) is 0. The molecule has 1 aromatic carbocycles. The molecular weight excluding hydrogens is 306 g/mol. The maximum atomic E-state index is 8.49. The summed E-state index contributed by atoms with van der Waals surface area (Å²) >= 11 is 0. The smallest absolute Gasteiger partial charge is 0.218 e. The summed E-state index contributed by atoms with van der Waals surface area (Å²) in [6, 6.07) is 13.0. The van der Waals surface area contributed by atoms with Crippen LogP contribution < -0.4 is 33.8 Å². The topological polar surface area (TPSA) is 96.1 Å². The Morgan fingerprint density at radius 2 is 1.68 bits per heavy atom. The molecule has 0 N–H and O–H groups in total. The number of pyridine rings is 1. The molecule has 6 heteroatoms. The van der Waals surface area contributed by atoms with Gasteiger partial charge in [-0.05, 0) is 18.2 Å². The molecule has 0 spiro atoms. The Labute approximate surface area is 128 Å². The molecule has 0 fully saturated rings. The number of fused-ring (bicyclic) bond motifs is 5. The van der Waals surface area contributed by atoms with Gasteiger partial charge in [-0.15, -0.1) is 10.2 Å². The Morgan fingerprint density at radius 3 is 2.45 bits per heavy atom. The highest BCUT2D eigenvalue weighted by Gasteiger charge is 2.24. The second kappa shape index (κ2) is 5.64. The summed E-state index contributed by atoms with van der Waals surface area (Å²) in [5.41, 5.74) is 4.02. The van der Waals surface area contributed by atoms with Gasteiger partial charge < -0.3 is 0 Å². The summed E-state index contributed by atoms with van der Waals surface area (Å²) < 4.78 is 36.4. The van der Waals surface area contributed by atoms with E-state index in [4.69, 9.17) is 18.6 Å². The van der Waals surface area contributed by atoms with Gasteiger partial charge >= 0.3 is 0 Å². The van der Waals surface area contributed by atoms with Crippen molar-refractivity contribution in [3.8, 4) is 5.69 Å². The van der Waals surface area contributed by atoms with Gasteiger partial charge in [-0.3, -0.25) is 0 Å². The molecule has 2 heterocycles. The van der Waals surface area contributed by atoms with Crippen LogP contribution in [-0.2, 0) is 6.42 Å². The monoisotopic (exact) mass is 317 g/mol. The molecule has 0 atom stereocenters. The third-order valence-corrected chi connectivity index (χ3v) is 3.50. The highest BCUT2D eigenvalue weighted by molar-refractivity contribution is 5.59. The van der Waals surface area contributed by atoms with Crippen LogP contribution in [0.15, 0.2) is 48.6 Å². The fourth-order valence-electron chi connectivity index (χ4n) is 2.71. The zero-order valence-electron chi connectivity index (χ0n) is 11.4. The molecule has 0 bridgehead atoms. The fraction of sp³-hybridized carbons (Fsp3) is 0.0625. The van der Waals surface area contributed by atoms with Gasteiger partial charge in [-0.2, -0.15) is 4.57 Å². The molecule has 2 aromatic rings. The van der Waals surface area contributed by atoms with Crippen molar-refractivity contribution >= 4 is 12.2 Å². The predicted octanol–water partition coefficient (Wildman–Crippen LogP) is -3.76. The maximum absolute atomic E-state index is 8.49. The van der Waals surface area contributed by atoms with E-state index in [1.54, 1.807) is 0 Å². The van der Waals surface area contributed by atoms with Crippen LogP contribution in [0.5, 0.6) is 0 Å². The molecule has 0 saturated carbocycles. The van der Waals surface area contributed by atoms with Crippen LogP contribution in [0.4, 0.5) is 0 Å². The molecule has 5 nitrogen and oxygen atoms in total. The van der Waals surface area contributed by atoms with Crippen molar-refractivity contribution in [2.45, 2.75) is 6.42 Å². The minimum atomic E-state index is -4.94. The molecule has 0 radical (unpaired) electrons. The lowest BCUT2D eigenvalue weighted by atomic mass is 10.1. The van der Waals surface area contributed by atoms with Gasteiger partial charge in [0, 0.05) is 23.4 Å². The zero-order chi connectivity index (χ0) is 15.7. The number of para-hydroxylation sites is 1. The fourth-order valence-corrected chi connectivity index (χ4v) is 2.71. The van der Waals surface area contributed by atoms with E-state index in [2.05, 4.69) is 65.3 Å². The van der Waals surface area contributed by atoms with Crippen LogP contribution >= 0.6 is 0 Å². The molecular formula is C16H12ClNO4. The lowest BCUT2D eigenvalue weighted by Crippen LogP contribution is -2.68. The molecule has 0 saturated heterocycles. The largest absolute Gasteiger partial charge is 0.222 e. The normalized spacial score (nSPS) is 13.8. The highest BCUT2D eigenvalue weighted by Crippen LogP contribution is 2.12. The standard InChI is InChI=1S/C16H12N.ClHO4/c1-3-7-15-12(5-1)9-10-14-11-13-6-2-4-8-16(13)17(14)15;2-1(3,4)5/h1-6,8-11H,7H2;(H,2,3,4,5)/q+1;/p-1. The van der Waals surface area contributed by atoms with Crippen LogP contribution in [0.3, 0.4) is 0 Å². The third-order valence-electron chi connectivity index (χ3n) is 3.50. The second-order valence-corrected chi connectivity index (χ2v) is 5.63. The van der Waals surface area contributed by atoms with E-state index in [0.29, 0.717) is 0 Å². The number of hydrogen-bond acceptors (Lipinski definition) is 4. The first-order chi connectivity index (χ1) is 10.4. The minimum Gasteiger partial charge on any atom is -0.222 e. The van der Waals surface area contributed by atoms with Crippen molar-refractivity contribution in [3.05, 3.63) is 70.4 Å². The summed E-state index contributed by atoms with van der Waals surface area (Å²) in [6.07, 6.45) is 9.82. The molecule has 112 valence electrons. The molecule has 1 aliphatic carbocycles. The molecule has 4 rings (SSSR count). The highest BCUT2D eigenvalue weighted by atomic mass is 35.7. The SMILES string of the molecule is C1=CCc2c(ccc3[n+]2-c2ccccc2C=3)=C1.[O-][Cl+3]([O-])([O-])[O-]. The summed E-state index contributed by atoms with van der Waals surface area (Å²) in [5, 5.41) is 2.62. The lowest BCUT2D eigenvalue weighted by Gasteiger charge is -2.17. The first-order valence-corrected chi connectivity index (χ1v) is 7.80. The Kier molecular flexibility index (Phi) is 3.82. The minimum absolute atomic E-state index is 1.02. The number of nitrogens with zero attached hydrogens (tertiary/aromatic N) is 1. The van der Waals surface area contributed by atoms with Gasteiger partial charge in [0.25, 0.3) is 0 Å². The summed E-state index contributed by atoms with van der Waals surface area (Å²) in [4.78, 5) is 0.